The first kappa shape index (κ1) is 21.7. The molecule has 0 aliphatic carbocycles. The van der Waals surface area contributed by atoms with E-state index in [-0.39, 0.29) is 11.8 Å². The molecule has 0 saturated carbocycles. The zero-order chi connectivity index (χ0) is 22.2. The number of anilines is 2. The fourth-order valence-electron chi connectivity index (χ4n) is 2.80. The first-order chi connectivity index (χ1) is 15.0. The first-order valence-electron chi connectivity index (χ1n) is 9.66. The van der Waals surface area contributed by atoms with Crippen LogP contribution in [0.1, 0.15) is 17.3 Å². The highest BCUT2D eigenvalue weighted by Crippen LogP contribution is 2.24. The van der Waals surface area contributed by atoms with Gasteiger partial charge in [0.1, 0.15) is 17.2 Å². The summed E-state index contributed by atoms with van der Waals surface area (Å²) in [5.74, 6) is 1.19. The molecule has 160 valence electrons. The summed E-state index contributed by atoms with van der Waals surface area (Å²) >= 11 is 0. The highest BCUT2D eigenvalue weighted by atomic mass is 16.5. The molecule has 3 aromatic rings. The van der Waals surface area contributed by atoms with Gasteiger partial charge < -0.3 is 24.8 Å². The fraction of sp³-hybridized carbons (Fsp3) is 0.167. The number of benzene rings is 3. The van der Waals surface area contributed by atoms with E-state index in [1.165, 1.54) is 7.11 Å². The summed E-state index contributed by atoms with van der Waals surface area (Å²) < 4.78 is 16.0. The van der Waals surface area contributed by atoms with Gasteiger partial charge in [0.2, 0.25) is 0 Å². The van der Waals surface area contributed by atoms with E-state index in [0.717, 1.165) is 0 Å². The van der Waals surface area contributed by atoms with Crippen LogP contribution in [0.3, 0.4) is 0 Å². The van der Waals surface area contributed by atoms with Crippen LogP contribution in [-0.4, -0.2) is 32.1 Å². The van der Waals surface area contributed by atoms with Crippen molar-refractivity contribution in [2.24, 2.45) is 0 Å². The molecule has 0 saturated heterocycles. The third kappa shape index (κ3) is 5.76. The Morgan fingerprint density at radius 3 is 2.06 bits per heavy atom. The Morgan fingerprint density at radius 1 is 0.774 bits per heavy atom. The number of rotatable bonds is 8. The molecule has 1 atom stereocenters. The summed E-state index contributed by atoms with van der Waals surface area (Å²) in [6, 6.07) is 20.8. The molecular formula is C24H24N2O5. The van der Waals surface area contributed by atoms with Crippen molar-refractivity contribution in [2.45, 2.75) is 13.0 Å². The maximum absolute atomic E-state index is 12.4. The molecule has 0 fully saturated rings. The highest BCUT2D eigenvalue weighted by molar-refractivity contribution is 6.04. The lowest BCUT2D eigenvalue weighted by atomic mass is 10.2. The number of hydrogen-bond acceptors (Lipinski definition) is 5. The Morgan fingerprint density at radius 2 is 1.42 bits per heavy atom. The summed E-state index contributed by atoms with van der Waals surface area (Å²) in [5.41, 5.74) is 1.69. The van der Waals surface area contributed by atoms with Crippen LogP contribution < -0.4 is 24.8 Å². The molecule has 2 N–H and O–H groups in total. The van der Waals surface area contributed by atoms with Crippen LogP contribution in [0.5, 0.6) is 17.2 Å². The molecule has 3 rings (SSSR count). The lowest BCUT2D eigenvalue weighted by molar-refractivity contribution is -0.122. The first-order valence-corrected chi connectivity index (χ1v) is 9.66. The van der Waals surface area contributed by atoms with Gasteiger partial charge in [0.25, 0.3) is 11.8 Å². The van der Waals surface area contributed by atoms with Gasteiger partial charge in [-0.05, 0) is 67.6 Å². The van der Waals surface area contributed by atoms with E-state index in [2.05, 4.69) is 10.6 Å². The second-order valence-corrected chi connectivity index (χ2v) is 6.66. The number of hydrogen-bond donors (Lipinski definition) is 2. The van der Waals surface area contributed by atoms with Gasteiger partial charge in [-0.1, -0.05) is 12.1 Å². The number of ether oxygens (including phenoxy) is 3. The minimum atomic E-state index is -0.746. The molecule has 0 unspecified atom stereocenters. The molecule has 0 aliphatic heterocycles. The average molecular weight is 420 g/mol. The van der Waals surface area contributed by atoms with E-state index >= 15 is 0 Å². The van der Waals surface area contributed by atoms with Crippen LogP contribution in [0.2, 0.25) is 0 Å². The van der Waals surface area contributed by atoms with Gasteiger partial charge in [-0.15, -0.1) is 0 Å². The van der Waals surface area contributed by atoms with Crippen LogP contribution in [0.4, 0.5) is 11.4 Å². The van der Waals surface area contributed by atoms with Crippen LogP contribution in [0.25, 0.3) is 0 Å². The van der Waals surface area contributed by atoms with Gasteiger partial charge in [0.15, 0.2) is 6.10 Å². The van der Waals surface area contributed by atoms with Gasteiger partial charge in [-0.25, -0.2) is 0 Å². The molecule has 0 radical (unpaired) electrons. The Balaban J connectivity index is 1.57. The van der Waals surface area contributed by atoms with E-state index in [1.54, 1.807) is 80.8 Å². The average Bonchev–Trinajstić information content (AvgIpc) is 2.80. The van der Waals surface area contributed by atoms with Crippen molar-refractivity contribution in [2.75, 3.05) is 24.9 Å². The molecule has 3 aromatic carbocycles. The largest absolute Gasteiger partial charge is 0.497 e. The van der Waals surface area contributed by atoms with Crippen molar-refractivity contribution < 1.29 is 23.8 Å². The number of nitrogens with one attached hydrogen (secondary N) is 2. The summed E-state index contributed by atoms with van der Waals surface area (Å²) in [6.07, 6.45) is -0.746. The lowest BCUT2D eigenvalue weighted by Gasteiger charge is -2.16. The van der Waals surface area contributed by atoms with E-state index in [4.69, 9.17) is 14.2 Å². The van der Waals surface area contributed by atoms with Crippen molar-refractivity contribution in [1.29, 1.82) is 0 Å². The van der Waals surface area contributed by atoms with E-state index in [1.807, 2.05) is 6.07 Å². The quantitative estimate of drug-likeness (QED) is 0.565. The van der Waals surface area contributed by atoms with Crippen LogP contribution >= 0.6 is 0 Å². The topological polar surface area (TPSA) is 85.9 Å². The molecule has 7 heteroatoms. The predicted octanol–water partition coefficient (Wildman–Crippen LogP) is 4.36. The Hall–Kier alpha value is -4.00. The van der Waals surface area contributed by atoms with E-state index in [9.17, 15) is 9.59 Å². The zero-order valence-corrected chi connectivity index (χ0v) is 17.5. The molecule has 0 aliphatic rings. The normalized spacial score (nSPS) is 11.2. The van der Waals surface area contributed by atoms with Gasteiger partial charge >= 0.3 is 0 Å². The Kier molecular flexibility index (Phi) is 7.11. The number of amides is 2. The molecule has 0 bridgehead atoms. The second-order valence-electron chi connectivity index (χ2n) is 6.66. The molecule has 0 heterocycles. The van der Waals surface area contributed by atoms with Crippen LogP contribution in [0.15, 0.2) is 72.8 Å². The highest BCUT2D eigenvalue weighted by Gasteiger charge is 2.17. The molecule has 7 nitrogen and oxygen atoms in total. The van der Waals surface area contributed by atoms with Gasteiger partial charge in [-0.2, -0.15) is 0 Å². The Labute approximate surface area is 180 Å². The molecule has 0 spiro atoms. The molecule has 0 aromatic heterocycles. The van der Waals surface area contributed by atoms with Gasteiger partial charge in [0, 0.05) is 11.3 Å². The monoisotopic (exact) mass is 420 g/mol. The fourth-order valence-corrected chi connectivity index (χ4v) is 2.80. The van der Waals surface area contributed by atoms with E-state index < -0.39 is 6.10 Å². The minimum Gasteiger partial charge on any atom is -0.497 e. The van der Waals surface area contributed by atoms with Crippen LogP contribution in [0, 0.1) is 0 Å². The van der Waals surface area contributed by atoms with Crippen molar-refractivity contribution in [3.8, 4) is 17.2 Å². The lowest BCUT2D eigenvalue weighted by Crippen LogP contribution is -2.30. The third-order valence-corrected chi connectivity index (χ3v) is 4.51. The van der Waals surface area contributed by atoms with Crippen molar-refractivity contribution >= 4 is 23.2 Å². The van der Waals surface area contributed by atoms with Crippen molar-refractivity contribution in [3.05, 3.63) is 78.4 Å². The Bertz CT molecular complexity index is 1030. The third-order valence-electron chi connectivity index (χ3n) is 4.51. The van der Waals surface area contributed by atoms with Crippen LogP contribution in [-0.2, 0) is 4.79 Å². The molecule has 2 amide bonds. The maximum atomic E-state index is 12.4. The molecular weight excluding hydrogens is 396 g/mol. The number of carbonyl (C=O) groups is 2. The van der Waals surface area contributed by atoms with Crippen molar-refractivity contribution in [3.63, 3.8) is 0 Å². The SMILES string of the molecule is COc1ccc(NC(=O)c2ccc(O[C@H](C)C(=O)Nc3ccccc3OC)cc2)cc1. The number of methoxy groups -OCH3 is 2. The second kappa shape index (κ2) is 10.2. The molecule has 31 heavy (non-hydrogen) atoms. The standard InChI is InChI=1S/C24H24N2O5/c1-16(23(27)26-21-6-4-5-7-22(21)30-3)31-20-12-8-17(9-13-20)24(28)25-18-10-14-19(29-2)15-11-18/h4-16H,1-3H3,(H,25,28)(H,26,27)/t16-/m1/s1. The minimum absolute atomic E-state index is 0.251. The summed E-state index contributed by atoms with van der Waals surface area (Å²) in [6.45, 7) is 1.65. The van der Waals surface area contributed by atoms with Gasteiger partial charge in [0.05, 0.1) is 19.9 Å². The summed E-state index contributed by atoms with van der Waals surface area (Å²) in [4.78, 5) is 24.9. The van der Waals surface area contributed by atoms with E-state index in [0.29, 0.717) is 34.2 Å². The summed E-state index contributed by atoms with van der Waals surface area (Å²) in [7, 11) is 3.12. The zero-order valence-electron chi connectivity index (χ0n) is 17.5. The summed E-state index contributed by atoms with van der Waals surface area (Å²) in [5, 5.41) is 5.60. The predicted molar refractivity (Wildman–Crippen MR) is 119 cm³/mol. The maximum Gasteiger partial charge on any atom is 0.265 e. The number of carbonyl (C=O) groups excluding carboxylic acids is 2. The number of para-hydroxylation sites is 2. The smallest absolute Gasteiger partial charge is 0.265 e. The van der Waals surface area contributed by atoms with Crippen molar-refractivity contribution in [1.82, 2.24) is 0 Å². The van der Waals surface area contributed by atoms with Gasteiger partial charge in [-0.3, -0.25) is 9.59 Å².